The van der Waals surface area contributed by atoms with Crippen LogP contribution in [-0.4, -0.2) is 13.7 Å². The molecular formula is C15H17ClF4O. The maximum absolute atomic E-state index is 13.7. The maximum Gasteiger partial charge on any atom is 0.353 e. The highest BCUT2D eigenvalue weighted by Crippen LogP contribution is 2.40. The van der Waals surface area contributed by atoms with Gasteiger partial charge in [0.15, 0.2) is 0 Å². The lowest BCUT2D eigenvalue weighted by Gasteiger charge is -2.28. The second-order valence-electron chi connectivity index (χ2n) is 5.53. The summed E-state index contributed by atoms with van der Waals surface area (Å²) in [6, 6.07) is 1.96. The molecule has 0 unspecified atom stereocenters. The van der Waals surface area contributed by atoms with E-state index in [9.17, 15) is 17.6 Å². The molecule has 0 aromatic heterocycles. The van der Waals surface area contributed by atoms with Crippen LogP contribution in [0.3, 0.4) is 0 Å². The van der Waals surface area contributed by atoms with E-state index in [1.165, 1.54) is 0 Å². The number of rotatable bonds is 4. The first-order valence-corrected chi connectivity index (χ1v) is 7.25. The molecule has 0 aliphatic heterocycles. The summed E-state index contributed by atoms with van der Waals surface area (Å²) in [5.41, 5.74) is -0.952. The Hall–Kier alpha value is -0.810. The third kappa shape index (κ3) is 3.89. The van der Waals surface area contributed by atoms with Crippen molar-refractivity contribution in [2.45, 2.75) is 37.0 Å². The molecule has 0 amide bonds. The molecule has 0 spiro atoms. The fourth-order valence-corrected chi connectivity index (χ4v) is 3.18. The van der Waals surface area contributed by atoms with Crippen molar-refractivity contribution >= 4 is 11.6 Å². The number of hydrogen-bond donors (Lipinski definition) is 0. The first-order valence-electron chi connectivity index (χ1n) is 6.88. The van der Waals surface area contributed by atoms with E-state index in [0.717, 1.165) is 37.8 Å². The van der Waals surface area contributed by atoms with Crippen molar-refractivity contribution in [1.29, 1.82) is 0 Å². The number of hydrogen-bond acceptors (Lipinski definition) is 1. The van der Waals surface area contributed by atoms with Crippen LogP contribution in [0.15, 0.2) is 12.1 Å². The van der Waals surface area contributed by atoms with Gasteiger partial charge >= 0.3 is 5.38 Å². The molecule has 2 rings (SSSR count). The molecule has 1 aromatic carbocycles. The number of benzene rings is 1. The predicted molar refractivity (Wildman–Crippen MR) is 72.7 cm³/mol. The molecular weight excluding hydrogens is 308 g/mol. The topological polar surface area (TPSA) is 9.23 Å². The van der Waals surface area contributed by atoms with Gasteiger partial charge in [0.05, 0.1) is 0 Å². The lowest BCUT2D eigenvalue weighted by atomic mass is 9.79. The van der Waals surface area contributed by atoms with Crippen LogP contribution in [0, 0.1) is 17.6 Å². The van der Waals surface area contributed by atoms with Crippen LogP contribution in [-0.2, 0) is 10.1 Å². The quantitative estimate of drug-likeness (QED) is 0.548. The molecule has 118 valence electrons. The van der Waals surface area contributed by atoms with Gasteiger partial charge in [0, 0.05) is 13.7 Å². The van der Waals surface area contributed by atoms with E-state index < -0.39 is 22.6 Å². The SMILES string of the molecule is COCC1CCC(c2cc(F)c(C(F)(F)Cl)c(F)c2)CC1. The number of methoxy groups -OCH3 is 1. The van der Waals surface area contributed by atoms with Gasteiger partial charge in [-0.3, -0.25) is 0 Å². The highest BCUT2D eigenvalue weighted by atomic mass is 35.5. The number of ether oxygens (including phenoxy) is 1. The van der Waals surface area contributed by atoms with Gasteiger partial charge in [-0.1, -0.05) is 0 Å². The molecule has 0 atom stereocenters. The Balaban J connectivity index is 2.16. The van der Waals surface area contributed by atoms with E-state index in [4.69, 9.17) is 16.3 Å². The second kappa shape index (κ2) is 6.53. The van der Waals surface area contributed by atoms with Crippen molar-refractivity contribution in [2.24, 2.45) is 5.92 Å². The average molecular weight is 325 g/mol. The third-order valence-electron chi connectivity index (χ3n) is 4.07. The smallest absolute Gasteiger partial charge is 0.353 e. The van der Waals surface area contributed by atoms with Gasteiger partial charge in [-0.2, -0.15) is 8.78 Å². The van der Waals surface area contributed by atoms with Crippen LogP contribution in [0.2, 0.25) is 0 Å². The summed E-state index contributed by atoms with van der Waals surface area (Å²) < 4.78 is 58.5. The Morgan fingerprint density at radius 3 is 2.10 bits per heavy atom. The third-order valence-corrected chi connectivity index (χ3v) is 4.26. The van der Waals surface area contributed by atoms with Crippen molar-refractivity contribution in [1.82, 2.24) is 0 Å². The lowest BCUT2D eigenvalue weighted by molar-refractivity contribution is 0.0857. The fraction of sp³-hybridized carbons (Fsp3) is 0.600. The fourth-order valence-electron chi connectivity index (χ4n) is 3.00. The second-order valence-corrected chi connectivity index (χ2v) is 6.00. The van der Waals surface area contributed by atoms with Crippen molar-refractivity contribution in [3.8, 4) is 0 Å². The Labute approximate surface area is 126 Å². The van der Waals surface area contributed by atoms with E-state index >= 15 is 0 Å². The summed E-state index contributed by atoms with van der Waals surface area (Å²) in [5.74, 6) is -2.14. The standard InChI is InChI=1S/C15H17ClF4O/c1-21-8-9-2-4-10(5-3-9)11-6-12(17)14(13(18)7-11)15(16,19)20/h6-7,9-10H,2-5,8H2,1H3. The zero-order valence-corrected chi connectivity index (χ0v) is 12.4. The molecule has 0 radical (unpaired) electrons. The predicted octanol–water partition coefficient (Wildman–Crippen LogP) is 5.17. The van der Waals surface area contributed by atoms with Gasteiger partial charge < -0.3 is 4.74 Å². The number of halogens is 5. The average Bonchev–Trinajstić information content (AvgIpc) is 2.37. The maximum atomic E-state index is 13.7. The minimum absolute atomic E-state index is 0.0138. The van der Waals surface area contributed by atoms with Gasteiger partial charge in [0.2, 0.25) is 0 Å². The van der Waals surface area contributed by atoms with Crippen LogP contribution >= 0.6 is 11.6 Å². The van der Waals surface area contributed by atoms with Gasteiger partial charge in [-0.15, -0.1) is 0 Å². The molecule has 0 bridgehead atoms. The highest BCUT2D eigenvalue weighted by Gasteiger charge is 2.36. The van der Waals surface area contributed by atoms with E-state index in [0.29, 0.717) is 18.1 Å². The first-order chi connectivity index (χ1) is 9.82. The zero-order valence-electron chi connectivity index (χ0n) is 11.6. The summed E-state index contributed by atoms with van der Waals surface area (Å²) in [7, 11) is 1.64. The molecule has 1 fully saturated rings. The first kappa shape index (κ1) is 16.6. The van der Waals surface area contributed by atoms with E-state index in [1.54, 1.807) is 7.11 Å². The molecule has 0 heterocycles. The van der Waals surface area contributed by atoms with E-state index in [1.807, 2.05) is 0 Å². The summed E-state index contributed by atoms with van der Waals surface area (Å²) in [4.78, 5) is 0. The highest BCUT2D eigenvalue weighted by molar-refractivity contribution is 6.21. The summed E-state index contributed by atoms with van der Waals surface area (Å²) in [6.07, 6.45) is 3.33. The molecule has 1 aliphatic rings. The molecule has 0 saturated heterocycles. The normalized spacial score (nSPS) is 23.3. The Morgan fingerprint density at radius 2 is 1.67 bits per heavy atom. The minimum Gasteiger partial charge on any atom is -0.384 e. The van der Waals surface area contributed by atoms with Crippen LogP contribution in [0.5, 0.6) is 0 Å². The van der Waals surface area contributed by atoms with E-state index in [2.05, 4.69) is 0 Å². The Bertz CT molecular complexity index is 470. The zero-order chi connectivity index (χ0) is 15.6. The van der Waals surface area contributed by atoms with Gasteiger partial charge in [-0.25, -0.2) is 8.78 Å². The van der Waals surface area contributed by atoms with Crippen LogP contribution in [0.4, 0.5) is 17.6 Å². The molecule has 0 N–H and O–H groups in total. The molecule has 21 heavy (non-hydrogen) atoms. The molecule has 6 heteroatoms. The lowest BCUT2D eigenvalue weighted by Crippen LogP contribution is -2.18. The number of alkyl halides is 3. The monoisotopic (exact) mass is 324 g/mol. The summed E-state index contributed by atoms with van der Waals surface area (Å²) in [6.45, 7) is 0.673. The molecule has 1 aliphatic carbocycles. The summed E-state index contributed by atoms with van der Waals surface area (Å²) in [5, 5.41) is -4.04. The summed E-state index contributed by atoms with van der Waals surface area (Å²) >= 11 is 4.73. The molecule has 1 nitrogen and oxygen atoms in total. The van der Waals surface area contributed by atoms with Crippen LogP contribution in [0.25, 0.3) is 0 Å². The Kier molecular flexibility index (Phi) is 5.15. The van der Waals surface area contributed by atoms with Crippen LogP contribution in [0.1, 0.15) is 42.7 Å². The minimum atomic E-state index is -4.04. The van der Waals surface area contributed by atoms with Gasteiger partial charge in [0.25, 0.3) is 0 Å². The van der Waals surface area contributed by atoms with Crippen LogP contribution < -0.4 is 0 Å². The van der Waals surface area contributed by atoms with Crippen molar-refractivity contribution < 1.29 is 22.3 Å². The van der Waals surface area contributed by atoms with Crippen molar-refractivity contribution in [2.75, 3.05) is 13.7 Å². The molecule has 1 saturated carbocycles. The molecule has 1 aromatic rings. The Morgan fingerprint density at radius 1 is 1.14 bits per heavy atom. The van der Waals surface area contributed by atoms with Crippen molar-refractivity contribution in [3.63, 3.8) is 0 Å². The largest absolute Gasteiger partial charge is 0.384 e. The van der Waals surface area contributed by atoms with Gasteiger partial charge in [0.1, 0.15) is 17.2 Å². The van der Waals surface area contributed by atoms with Gasteiger partial charge in [-0.05, 0) is 66.8 Å². The van der Waals surface area contributed by atoms with Crippen molar-refractivity contribution in [3.05, 3.63) is 34.9 Å². The van der Waals surface area contributed by atoms with E-state index in [-0.39, 0.29) is 5.92 Å².